The second kappa shape index (κ2) is 9.62. The number of hydroxylamine groups is 2. The van der Waals surface area contributed by atoms with E-state index < -0.39 is 44.0 Å². The monoisotopic (exact) mass is 379 g/mol. The van der Waals surface area contributed by atoms with Gasteiger partial charge in [-0.05, 0) is 20.8 Å². The second-order valence-electron chi connectivity index (χ2n) is 4.95. The van der Waals surface area contributed by atoms with Crippen LogP contribution in [0.4, 0.5) is 0 Å². The summed E-state index contributed by atoms with van der Waals surface area (Å²) in [5.41, 5.74) is 0. The molecule has 0 saturated carbocycles. The number of nitrogens with one attached hydrogen (secondary N) is 2. The molecule has 0 aliphatic carbocycles. The zero-order chi connectivity index (χ0) is 19.0. The van der Waals surface area contributed by atoms with Gasteiger partial charge in [0.25, 0.3) is 11.8 Å². The summed E-state index contributed by atoms with van der Waals surface area (Å²) in [4.78, 5) is 50.8. The van der Waals surface area contributed by atoms with Gasteiger partial charge < -0.3 is 10.2 Å². The van der Waals surface area contributed by atoms with Crippen LogP contribution >= 0.6 is 7.75 Å². The first-order valence-electron chi connectivity index (χ1n) is 7.73. The summed E-state index contributed by atoms with van der Waals surface area (Å²) >= 11 is 0. The molecule has 1 atom stereocenters. The van der Waals surface area contributed by atoms with Gasteiger partial charge in [-0.2, -0.15) is 0 Å². The van der Waals surface area contributed by atoms with Crippen molar-refractivity contribution in [3.8, 4) is 0 Å². The first-order valence-corrected chi connectivity index (χ1v) is 9.27. The van der Waals surface area contributed by atoms with Gasteiger partial charge in [-0.1, -0.05) is 0 Å². The predicted octanol–water partition coefficient (Wildman–Crippen LogP) is -0.131. The van der Waals surface area contributed by atoms with Crippen LogP contribution in [0.1, 0.15) is 33.6 Å². The first-order chi connectivity index (χ1) is 11.7. The van der Waals surface area contributed by atoms with Crippen LogP contribution in [-0.4, -0.2) is 54.6 Å². The van der Waals surface area contributed by atoms with E-state index in [-0.39, 0.29) is 26.1 Å². The summed E-state index contributed by atoms with van der Waals surface area (Å²) in [6.45, 7) is 4.30. The van der Waals surface area contributed by atoms with E-state index in [0.29, 0.717) is 5.06 Å². The molecule has 2 N–H and O–H groups in total. The van der Waals surface area contributed by atoms with E-state index in [1.165, 1.54) is 6.92 Å². The zero-order valence-electron chi connectivity index (χ0n) is 14.3. The van der Waals surface area contributed by atoms with Crippen LogP contribution in [0, 0.1) is 0 Å². The Morgan fingerprint density at radius 1 is 1.16 bits per heavy atom. The van der Waals surface area contributed by atoms with E-state index in [1.54, 1.807) is 13.8 Å². The first kappa shape index (κ1) is 21.2. The molecule has 1 unspecified atom stereocenters. The van der Waals surface area contributed by atoms with Crippen molar-refractivity contribution in [2.75, 3.05) is 19.8 Å². The van der Waals surface area contributed by atoms with Gasteiger partial charge in [0.15, 0.2) is 0 Å². The third-order valence-electron chi connectivity index (χ3n) is 2.95. The minimum Gasteiger partial charge on any atom is -0.344 e. The Labute approximate surface area is 144 Å². The highest BCUT2D eigenvalue weighted by atomic mass is 31.2. The van der Waals surface area contributed by atoms with Crippen molar-refractivity contribution in [1.82, 2.24) is 15.5 Å². The van der Waals surface area contributed by atoms with Crippen LogP contribution in [0.5, 0.6) is 0 Å². The maximum Gasteiger partial charge on any atom is 0.406 e. The van der Waals surface area contributed by atoms with E-state index in [2.05, 4.69) is 15.2 Å². The highest BCUT2D eigenvalue weighted by Gasteiger charge is 2.33. The Bertz CT molecular complexity index is 556. The van der Waals surface area contributed by atoms with Gasteiger partial charge >= 0.3 is 13.7 Å². The number of rotatable bonds is 10. The maximum absolute atomic E-state index is 12.3. The van der Waals surface area contributed by atoms with Crippen LogP contribution in [-0.2, 0) is 37.6 Å². The lowest BCUT2D eigenvalue weighted by Gasteiger charge is -2.21. The van der Waals surface area contributed by atoms with Gasteiger partial charge in [-0.15, -0.1) is 5.06 Å². The topological polar surface area (TPSA) is 140 Å². The molecule has 0 bridgehead atoms. The lowest BCUT2D eigenvalue weighted by atomic mass is 10.3. The highest BCUT2D eigenvalue weighted by molar-refractivity contribution is 7.51. The highest BCUT2D eigenvalue weighted by Crippen LogP contribution is 2.43. The summed E-state index contributed by atoms with van der Waals surface area (Å²) in [6.07, 6.45) is -0.0485. The fraction of sp³-hybridized carbons (Fsp3) is 0.692. The Morgan fingerprint density at radius 3 is 2.16 bits per heavy atom. The molecule has 1 aliphatic rings. The van der Waals surface area contributed by atoms with Crippen molar-refractivity contribution in [3.05, 3.63) is 0 Å². The molecule has 12 heteroatoms. The molecule has 0 spiro atoms. The van der Waals surface area contributed by atoms with Crippen LogP contribution < -0.4 is 10.4 Å². The minimum absolute atomic E-state index is 0.0242. The molecule has 1 saturated heterocycles. The number of amides is 3. The summed E-state index contributed by atoms with van der Waals surface area (Å²) in [5.74, 6) is -2.89. The number of imide groups is 1. The van der Waals surface area contributed by atoms with E-state index in [1.807, 2.05) is 0 Å². The van der Waals surface area contributed by atoms with Crippen LogP contribution in [0.15, 0.2) is 0 Å². The molecule has 1 rings (SSSR count). The summed E-state index contributed by atoms with van der Waals surface area (Å²) in [7, 11) is -3.64. The molecule has 1 aliphatic heterocycles. The molecular weight excluding hydrogens is 357 g/mol. The smallest absolute Gasteiger partial charge is 0.344 e. The molecule has 1 fully saturated rings. The average molecular weight is 379 g/mol. The number of hydrogen-bond acceptors (Lipinski definition) is 8. The fourth-order valence-corrected chi connectivity index (χ4v) is 3.35. The normalized spacial score (nSPS) is 16.0. The Morgan fingerprint density at radius 2 is 1.68 bits per heavy atom. The van der Waals surface area contributed by atoms with Crippen molar-refractivity contribution in [3.63, 3.8) is 0 Å². The number of carbonyl (C=O) groups excluding carboxylic acids is 4. The zero-order valence-corrected chi connectivity index (χ0v) is 15.2. The molecule has 0 aromatic carbocycles. The van der Waals surface area contributed by atoms with E-state index >= 15 is 0 Å². The van der Waals surface area contributed by atoms with Gasteiger partial charge in [0.1, 0.15) is 6.54 Å². The summed E-state index contributed by atoms with van der Waals surface area (Å²) in [5, 5.41) is 5.05. The Hall–Kier alpha value is -1.81. The largest absolute Gasteiger partial charge is 0.406 e. The maximum atomic E-state index is 12.3. The predicted molar refractivity (Wildman–Crippen MR) is 83.6 cm³/mol. The van der Waals surface area contributed by atoms with Gasteiger partial charge in [-0.3, -0.25) is 23.4 Å². The van der Waals surface area contributed by atoms with Gasteiger partial charge in [-0.25, -0.2) is 14.4 Å². The minimum atomic E-state index is -3.64. The molecule has 142 valence electrons. The van der Waals surface area contributed by atoms with E-state index in [4.69, 9.17) is 9.05 Å². The SMILES string of the molecule is CCOP(=O)(NC(C)C(=O)NCC(=O)ON1C(=O)CCC1=O)OCC. The van der Waals surface area contributed by atoms with E-state index in [0.717, 1.165) is 0 Å². The molecular formula is C13H22N3O8P. The van der Waals surface area contributed by atoms with Crippen molar-refractivity contribution < 1.29 is 37.6 Å². The molecule has 11 nitrogen and oxygen atoms in total. The number of nitrogens with zero attached hydrogens (tertiary/aromatic N) is 1. The Kier molecular flexibility index (Phi) is 8.17. The lowest BCUT2D eigenvalue weighted by Crippen LogP contribution is -2.44. The molecule has 0 aromatic rings. The van der Waals surface area contributed by atoms with Crippen molar-refractivity contribution in [2.45, 2.75) is 39.7 Å². The lowest BCUT2D eigenvalue weighted by molar-refractivity contribution is -0.196. The molecule has 0 aromatic heterocycles. The van der Waals surface area contributed by atoms with E-state index in [9.17, 15) is 23.7 Å². The summed E-state index contributed by atoms with van der Waals surface area (Å²) < 4.78 is 22.3. The van der Waals surface area contributed by atoms with Crippen molar-refractivity contribution in [2.24, 2.45) is 0 Å². The molecule has 0 radical (unpaired) electrons. The number of hydrogen-bond donors (Lipinski definition) is 2. The Balaban J connectivity index is 2.46. The fourth-order valence-electron chi connectivity index (χ4n) is 1.85. The standard InChI is InChI=1S/C13H22N3O8P/c1-4-22-25(21,23-5-2)15-9(3)13(20)14-8-12(19)24-16-10(17)6-7-11(16)18/h9H,4-8H2,1-3H3,(H,14,20)(H,15,21). The van der Waals surface area contributed by atoms with Crippen LogP contribution in [0.25, 0.3) is 0 Å². The third kappa shape index (κ3) is 6.54. The average Bonchev–Trinajstić information content (AvgIpc) is 2.84. The van der Waals surface area contributed by atoms with Crippen molar-refractivity contribution in [1.29, 1.82) is 0 Å². The van der Waals surface area contributed by atoms with Crippen LogP contribution in [0.2, 0.25) is 0 Å². The molecule has 1 heterocycles. The second-order valence-corrected chi connectivity index (χ2v) is 6.72. The molecule has 25 heavy (non-hydrogen) atoms. The third-order valence-corrected chi connectivity index (χ3v) is 4.85. The van der Waals surface area contributed by atoms with Gasteiger partial charge in [0, 0.05) is 12.8 Å². The molecule has 3 amide bonds. The summed E-state index contributed by atoms with van der Waals surface area (Å²) in [6, 6.07) is -0.994. The van der Waals surface area contributed by atoms with Gasteiger partial charge in [0.2, 0.25) is 5.91 Å². The van der Waals surface area contributed by atoms with Crippen LogP contribution in [0.3, 0.4) is 0 Å². The van der Waals surface area contributed by atoms with Crippen molar-refractivity contribution >= 4 is 31.4 Å². The quantitative estimate of drug-likeness (QED) is 0.392. The number of carbonyl (C=O) groups is 4. The van der Waals surface area contributed by atoms with Gasteiger partial charge in [0.05, 0.1) is 19.3 Å².